The second kappa shape index (κ2) is 5.66. The first-order valence-corrected chi connectivity index (χ1v) is 5.62. The fourth-order valence-corrected chi connectivity index (χ4v) is 1.58. The minimum atomic E-state index is -0.722. The van der Waals surface area contributed by atoms with Crippen molar-refractivity contribution in [2.24, 2.45) is 0 Å². The molecule has 0 fully saturated rings. The molecule has 5 nitrogen and oxygen atoms in total. The van der Waals surface area contributed by atoms with Gasteiger partial charge in [-0.15, -0.1) is 0 Å². The van der Waals surface area contributed by atoms with E-state index in [1.807, 2.05) is 6.07 Å². The van der Waals surface area contributed by atoms with Crippen molar-refractivity contribution in [2.45, 2.75) is 0 Å². The number of nitrogens with one attached hydrogen (secondary N) is 1. The van der Waals surface area contributed by atoms with Crippen molar-refractivity contribution < 1.29 is 9.53 Å². The number of amides is 1. The molecule has 0 bridgehead atoms. The van der Waals surface area contributed by atoms with Gasteiger partial charge in [-0.25, -0.2) is 14.8 Å². The standard InChI is InChI=1S/C11H7Cl2N3O2/c12-9-8(10(13)15-6-14-9)16-11(17)18-7-4-2-1-3-5-7/h1-6H,(H,16,17). The summed E-state index contributed by atoms with van der Waals surface area (Å²) in [5.41, 5.74) is 0.113. The molecule has 2 rings (SSSR count). The van der Waals surface area contributed by atoms with E-state index in [2.05, 4.69) is 15.3 Å². The normalized spacial score (nSPS) is 9.89. The van der Waals surface area contributed by atoms with Crippen LogP contribution in [0.1, 0.15) is 0 Å². The van der Waals surface area contributed by atoms with E-state index >= 15 is 0 Å². The van der Waals surface area contributed by atoms with Crippen molar-refractivity contribution >= 4 is 35.0 Å². The number of nitrogens with zero attached hydrogens (tertiary/aromatic N) is 2. The molecular formula is C11H7Cl2N3O2. The average molecular weight is 284 g/mol. The van der Waals surface area contributed by atoms with Crippen LogP contribution in [0.4, 0.5) is 10.5 Å². The number of anilines is 1. The second-order valence-electron chi connectivity index (χ2n) is 3.16. The molecule has 0 radical (unpaired) electrons. The molecular weight excluding hydrogens is 277 g/mol. The molecule has 0 saturated carbocycles. The van der Waals surface area contributed by atoms with Crippen LogP contribution in [0.5, 0.6) is 5.75 Å². The van der Waals surface area contributed by atoms with Crippen LogP contribution >= 0.6 is 23.2 Å². The Morgan fingerprint density at radius 2 is 1.72 bits per heavy atom. The minimum absolute atomic E-state index is 0.0417. The summed E-state index contributed by atoms with van der Waals surface area (Å²) in [6.07, 6.45) is 0.470. The molecule has 2 aromatic rings. The summed E-state index contributed by atoms with van der Waals surface area (Å²) in [5.74, 6) is 0.402. The van der Waals surface area contributed by atoms with Crippen LogP contribution in [-0.2, 0) is 0 Å². The van der Waals surface area contributed by atoms with Gasteiger partial charge in [0.25, 0.3) is 0 Å². The third-order valence-electron chi connectivity index (χ3n) is 1.94. The molecule has 1 N–H and O–H groups in total. The second-order valence-corrected chi connectivity index (χ2v) is 3.87. The van der Waals surface area contributed by atoms with Crippen molar-refractivity contribution in [3.63, 3.8) is 0 Å². The van der Waals surface area contributed by atoms with Gasteiger partial charge in [-0.3, -0.25) is 5.32 Å². The maximum atomic E-state index is 11.6. The monoisotopic (exact) mass is 283 g/mol. The number of carbonyl (C=O) groups is 1. The average Bonchev–Trinajstić information content (AvgIpc) is 2.35. The van der Waals surface area contributed by atoms with Crippen LogP contribution < -0.4 is 10.1 Å². The fourth-order valence-electron chi connectivity index (χ4n) is 1.17. The lowest BCUT2D eigenvalue weighted by atomic mass is 10.3. The summed E-state index contributed by atoms with van der Waals surface area (Å²) in [5, 5.41) is 2.46. The minimum Gasteiger partial charge on any atom is -0.410 e. The predicted octanol–water partition coefficient (Wildman–Crippen LogP) is 3.39. The Morgan fingerprint density at radius 3 is 2.33 bits per heavy atom. The van der Waals surface area contributed by atoms with E-state index < -0.39 is 6.09 Å². The number of aromatic nitrogens is 2. The molecule has 0 aliphatic carbocycles. The van der Waals surface area contributed by atoms with Gasteiger partial charge < -0.3 is 4.74 Å². The lowest BCUT2D eigenvalue weighted by Gasteiger charge is -2.08. The molecule has 0 saturated heterocycles. The van der Waals surface area contributed by atoms with Crippen LogP contribution in [0, 0.1) is 0 Å². The van der Waals surface area contributed by atoms with Crippen LogP contribution in [0.25, 0.3) is 0 Å². The first-order chi connectivity index (χ1) is 8.66. The summed E-state index contributed by atoms with van der Waals surface area (Å²) in [4.78, 5) is 19.0. The van der Waals surface area contributed by atoms with Crippen molar-refractivity contribution in [3.05, 3.63) is 47.0 Å². The molecule has 0 aliphatic heterocycles. The van der Waals surface area contributed by atoms with Crippen LogP contribution in [0.15, 0.2) is 36.7 Å². The van der Waals surface area contributed by atoms with E-state index in [0.29, 0.717) is 5.75 Å². The van der Waals surface area contributed by atoms with Crippen molar-refractivity contribution in [1.29, 1.82) is 0 Å². The molecule has 1 aromatic heterocycles. The molecule has 0 atom stereocenters. The van der Waals surface area contributed by atoms with E-state index in [-0.39, 0.29) is 16.0 Å². The molecule has 0 spiro atoms. The molecule has 1 heterocycles. The number of hydrogen-bond donors (Lipinski definition) is 1. The largest absolute Gasteiger partial charge is 0.417 e. The number of halogens is 2. The number of carbonyl (C=O) groups excluding carboxylic acids is 1. The van der Waals surface area contributed by atoms with E-state index in [1.165, 1.54) is 6.33 Å². The topological polar surface area (TPSA) is 64.1 Å². The zero-order chi connectivity index (χ0) is 13.0. The highest BCUT2D eigenvalue weighted by molar-refractivity contribution is 6.38. The van der Waals surface area contributed by atoms with Gasteiger partial charge in [0.15, 0.2) is 10.3 Å². The van der Waals surface area contributed by atoms with Gasteiger partial charge in [0, 0.05) is 0 Å². The van der Waals surface area contributed by atoms with E-state index in [9.17, 15) is 4.79 Å². The lowest BCUT2D eigenvalue weighted by molar-refractivity contribution is 0.215. The molecule has 0 aliphatic rings. The first kappa shape index (κ1) is 12.6. The molecule has 92 valence electrons. The number of para-hydroxylation sites is 1. The van der Waals surface area contributed by atoms with Crippen molar-refractivity contribution in [1.82, 2.24) is 9.97 Å². The van der Waals surface area contributed by atoms with Crippen LogP contribution in [0.3, 0.4) is 0 Å². The molecule has 0 unspecified atom stereocenters. The Bertz CT molecular complexity index is 543. The van der Waals surface area contributed by atoms with E-state index in [1.54, 1.807) is 24.3 Å². The molecule has 7 heteroatoms. The van der Waals surface area contributed by atoms with E-state index in [0.717, 1.165) is 0 Å². The lowest BCUT2D eigenvalue weighted by Crippen LogP contribution is -2.17. The van der Waals surface area contributed by atoms with Crippen molar-refractivity contribution in [2.75, 3.05) is 5.32 Å². The van der Waals surface area contributed by atoms with Crippen molar-refractivity contribution in [3.8, 4) is 5.75 Å². The first-order valence-electron chi connectivity index (χ1n) is 4.86. The highest BCUT2D eigenvalue weighted by atomic mass is 35.5. The third kappa shape index (κ3) is 3.09. The van der Waals surface area contributed by atoms with Crippen LogP contribution in [-0.4, -0.2) is 16.1 Å². The SMILES string of the molecule is O=C(Nc1c(Cl)ncnc1Cl)Oc1ccccc1. The smallest absolute Gasteiger partial charge is 0.410 e. The highest BCUT2D eigenvalue weighted by Gasteiger charge is 2.12. The summed E-state index contributed by atoms with van der Waals surface area (Å²) in [6.45, 7) is 0. The van der Waals surface area contributed by atoms with Gasteiger partial charge in [-0.1, -0.05) is 41.4 Å². The molecule has 1 aromatic carbocycles. The van der Waals surface area contributed by atoms with Gasteiger partial charge >= 0.3 is 6.09 Å². The Hall–Kier alpha value is -1.85. The number of benzene rings is 1. The third-order valence-corrected chi connectivity index (χ3v) is 2.51. The Balaban J connectivity index is 2.08. The maximum absolute atomic E-state index is 11.6. The van der Waals surface area contributed by atoms with Gasteiger partial charge in [-0.2, -0.15) is 0 Å². The van der Waals surface area contributed by atoms with Crippen LogP contribution in [0.2, 0.25) is 10.3 Å². The molecule has 18 heavy (non-hydrogen) atoms. The fraction of sp³-hybridized carbons (Fsp3) is 0. The predicted molar refractivity (Wildman–Crippen MR) is 68.1 cm³/mol. The van der Waals surface area contributed by atoms with E-state index in [4.69, 9.17) is 27.9 Å². The quantitative estimate of drug-likeness (QED) is 0.858. The van der Waals surface area contributed by atoms with Gasteiger partial charge in [0.1, 0.15) is 17.8 Å². The van der Waals surface area contributed by atoms with Gasteiger partial charge in [0.05, 0.1) is 0 Å². The summed E-state index contributed by atoms with van der Waals surface area (Å²) < 4.78 is 5.01. The zero-order valence-electron chi connectivity index (χ0n) is 8.93. The zero-order valence-corrected chi connectivity index (χ0v) is 10.4. The Kier molecular flexibility index (Phi) is 3.96. The Labute approximate surface area is 113 Å². The number of ether oxygens (including phenoxy) is 1. The summed E-state index contributed by atoms with van der Waals surface area (Å²) in [6, 6.07) is 8.58. The highest BCUT2D eigenvalue weighted by Crippen LogP contribution is 2.25. The maximum Gasteiger partial charge on any atom is 0.417 e. The number of rotatable bonds is 2. The molecule has 1 amide bonds. The van der Waals surface area contributed by atoms with Gasteiger partial charge in [0.2, 0.25) is 0 Å². The Morgan fingerprint density at radius 1 is 1.11 bits per heavy atom. The van der Waals surface area contributed by atoms with Gasteiger partial charge in [-0.05, 0) is 12.1 Å². The summed E-state index contributed by atoms with van der Waals surface area (Å²) in [7, 11) is 0. The number of hydrogen-bond acceptors (Lipinski definition) is 4. The summed E-state index contributed by atoms with van der Waals surface area (Å²) >= 11 is 11.5.